The zero-order chi connectivity index (χ0) is 14.5. The first-order valence-electron chi connectivity index (χ1n) is 6.80. The maximum absolute atomic E-state index is 5.94. The van der Waals surface area contributed by atoms with Crippen molar-refractivity contribution < 1.29 is 4.74 Å². The number of hydrogen-bond donors (Lipinski definition) is 0. The molecule has 0 aliphatic carbocycles. The monoisotopic (exact) mass is 293 g/mol. The molecule has 0 spiro atoms. The minimum atomic E-state index is -0.101. The molecule has 0 aliphatic heterocycles. The largest absolute Gasteiger partial charge is 0.494 e. The van der Waals surface area contributed by atoms with Gasteiger partial charge in [0.15, 0.2) is 0 Å². The van der Waals surface area contributed by atoms with Gasteiger partial charge in [-0.05, 0) is 44.0 Å². The highest BCUT2D eigenvalue weighted by atomic mass is 35.5. The molecule has 0 radical (unpaired) electrons. The van der Waals surface area contributed by atoms with Gasteiger partial charge < -0.3 is 4.74 Å². The smallest absolute Gasteiger partial charge is 0.119 e. The summed E-state index contributed by atoms with van der Waals surface area (Å²) in [6.07, 6.45) is 2.76. The molecule has 2 aromatic rings. The minimum absolute atomic E-state index is 0.101. The third kappa shape index (κ3) is 3.97. The number of aryl methyl sites for hydroxylation is 3. The van der Waals surface area contributed by atoms with Gasteiger partial charge in [0.2, 0.25) is 0 Å². The number of alkyl halides is 1. The molecular formula is C15H20ClN3O. The lowest BCUT2D eigenvalue weighted by Gasteiger charge is -2.08. The van der Waals surface area contributed by atoms with E-state index >= 15 is 0 Å². The molecule has 0 fully saturated rings. The summed E-state index contributed by atoms with van der Waals surface area (Å²) >= 11 is 5.94. The molecule has 5 heteroatoms. The van der Waals surface area contributed by atoms with Crippen LogP contribution in [0, 0.1) is 13.8 Å². The van der Waals surface area contributed by atoms with Crippen molar-refractivity contribution in [2.24, 2.45) is 0 Å². The van der Waals surface area contributed by atoms with Crippen LogP contribution in [0.25, 0.3) is 0 Å². The van der Waals surface area contributed by atoms with Crippen LogP contribution < -0.4 is 4.74 Å². The average molecular weight is 294 g/mol. The number of aromatic nitrogens is 3. The van der Waals surface area contributed by atoms with E-state index in [0.717, 1.165) is 24.4 Å². The van der Waals surface area contributed by atoms with Gasteiger partial charge in [-0.2, -0.15) is 0 Å². The van der Waals surface area contributed by atoms with Gasteiger partial charge in [0.25, 0.3) is 0 Å². The quantitative estimate of drug-likeness (QED) is 0.603. The molecule has 0 bridgehead atoms. The topological polar surface area (TPSA) is 39.9 Å². The van der Waals surface area contributed by atoms with Crippen LogP contribution >= 0.6 is 11.6 Å². The number of halogens is 1. The summed E-state index contributed by atoms with van der Waals surface area (Å²) in [5.74, 6) is 0.918. The maximum atomic E-state index is 5.94. The van der Waals surface area contributed by atoms with Crippen LogP contribution in [0.1, 0.15) is 35.5 Å². The van der Waals surface area contributed by atoms with E-state index < -0.39 is 0 Å². The van der Waals surface area contributed by atoms with Crippen LogP contribution in [0.5, 0.6) is 5.75 Å². The molecule has 2 rings (SSSR count). The minimum Gasteiger partial charge on any atom is -0.494 e. The molecule has 20 heavy (non-hydrogen) atoms. The molecule has 1 unspecified atom stereocenters. The Labute approximate surface area is 124 Å². The molecule has 0 saturated heterocycles. The molecule has 4 nitrogen and oxygen atoms in total. The van der Waals surface area contributed by atoms with Gasteiger partial charge in [-0.25, -0.2) is 0 Å². The Hall–Kier alpha value is -1.55. The summed E-state index contributed by atoms with van der Waals surface area (Å²) in [4.78, 5) is 0. The number of nitrogens with zero attached hydrogens (tertiary/aromatic N) is 3. The predicted molar refractivity (Wildman–Crippen MR) is 80.3 cm³/mol. The summed E-state index contributed by atoms with van der Waals surface area (Å²) in [7, 11) is 0. The van der Waals surface area contributed by atoms with E-state index in [2.05, 4.69) is 36.3 Å². The van der Waals surface area contributed by atoms with Crippen molar-refractivity contribution in [3.05, 3.63) is 41.2 Å². The van der Waals surface area contributed by atoms with E-state index in [1.54, 1.807) is 4.68 Å². The molecule has 108 valence electrons. The fraction of sp³-hybridized carbons (Fsp3) is 0.467. The first-order chi connectivity index (χ1) is 9.56. The summed E-state index contributed by atoms with van der Waals surface area (Å²) in [5, 5.41) is 7.95. The van der Waals surface area contributed by atoms with Gasteiger partial charge in [-0.3, -0.25) is 4.68 Å². The normalized spacial score (nSPS) is 12.4. The van der Waals surface area contributed by atoms with E-state index in [4.69, 9.17) is 16.3 Å². The second kappa shape index (κ2) is 6.75. The van der Waals surface area contributed by atoms with Crippen molar-refractivity contribution in [2.45, 2.75) is 39.1 Å². The zero-order valence-electron chi connectivity index (χ0n) is 12.1. The van der Waals surface area contributed by atoms with E-state index in [-0.39, 0.29) is 5.38 Å². The SMILES string of the molecule is Cc1ccc(OCCCn2cc(C(C)Cl)nn2)cc1C. The number of hydrogen-bond acceptors (Lipinski definition) is 3. The Kier molecular flexibility index (Phi) is 5.01. The van der Waals surface area contributed by atoms with Gasteiger partial charge in [-0.1, -0.05) is 11.3 Å². The lowest BCUT2D eigenvalue weighted by atomic mass is 10.1. The van der Waals surface area contributed by atoms with Gasteiger partial charge in [0.05, 0.1) is 12.0 Å². The van der Waals surface area contributed by atoms with Crippen LogP contribution in [0.15, 0.2) is 24.4 Å². The molecule has 0 saturated carbocycles. The molecule has 1 aromatic carbocycles. The van der Waals surface area contributed by atoms with Crippen LogP contribution in [0.3, 0.4) is 0 Å². The van der Waals surface area contributed by atoms with Crippen LogP contribution in [-0.2, 0) is 6.54 Å². The van der Waals surface area contributed by atoms with E-state index in [1.165, 1.54) is 11.1 Å². The highest BCUT2D eigenvalue weighted by Gasteiger charge is 2.06. The lowest BCUT2D eigenvalue weighted by Crippen LogP contribution is -2.05. The number of ether oxygens (including phenoxy) is 1. The molecule has 0 amide bonds. The maximum Gasteiger partial charge on any atom is 0.119 e. The van der Waals surface area contributed by atoms with E-state index in [1.807, 2.05) is 19.2 Å². The van der Waals surface area contributed by atoms with Gasteiger partial charge in [0, 0.05) is 19.2 Å². The van der Waals surface area contributed by atoms with Crippen molar-refractivity contribution in [1.82, 2.24) is 15.0 Å². The Bertz CT molecular complexity index is 566. The predicted octanol–water partition coefficient (Wildman–Crippen LogP) is 3.66. The molecule has 1 atom stereocenters. The first-order valence-corrected chi connectivity index (χ1v) is 7.24. The molecule has 0 aliphatic rings. The summed E-state index contributed by atoms with van der Waals surface area (Å²) < 4.78 is 7.53. The highest BCUT2D eigenvalue weighted by molar-refractivity contribution is 6.20. The standard InChI is InChI=1S/C15H20ClN3O/c1-11-5-6-14(9-12(11)2)20-8-4-7-19-10-15(13(3)16)17-18-19/h5-6,9-10,13H,4,7-8H2,1-3H3. The molecule has 1 heterocycles. The fourth-order valence-corrected chi connectivity index (χ4v) is 1.93. The second-order valence-electron chi connectivity index (χ2n) is 4.97. The molecular weight excluding hydrogens is 274 g/mol. The lowest BCUT2D eigenvalue weighted by molar-refractivity contribution is 0.297. The van der Waals surface area contributed by atoms with Gasteiger partial charge >= 0.3 is 0 Å². The Balaban J connectivity index is 1.76. The molecule has 1 aromatic heterocycles. The fourth-order valence-electron chi connectivity index (χ4n) is 1.83. The van der Waals surface area contributed by atoms with Crippen LogP contribution in [-0.4, -0.2) is 21.6 Å². The Morgan fingerprint density at radius 1 is 1.30 bits per heavy atom. The Morgan fingerprint density at radius 2 is 2.10 bits per heavy atom. The number of rotatable bonds is 6. The summed E-state index contributed by atoms with van der Waals surface area (Å²) in [5.41, 5.74) is 3.34. The van der Waals surface area contributed by atoms with E-state index in [0.29, 0.717) is 6.61 Å². The van der Waals surface area contributed by atoms with Gasteiger partial charge in [-0.15, -0.1) is 16.7 Å². The van der Waals surface area contributed by atoms with Crippen molar-refractivity contribution in [3.63, 3.8) is 0 Å². The average Bonchev–Trinajstić information content (AvgIpc) is 2.88. The van der Waals surface area contributed by atoms with Crippen molar-refractivity contribution in [3.8, 4) is 5.75 Å². The Morgan fingerprint density at radius 3 is 2.75 bits per heavy atom. The summed E-state index contributed by atoms with van der Waals surface area (Å²) in [6, 6.07) is 6.15. The summed E-state index contributed by atoms with van der Waals surface area (Å²) in [6.45, 7) is 7.51. The van der Waals surface area contributed by atoms with Crippen LogP contribution in [0.4, 0.5) is 0 Å². The zero-order valence-corrected chi connectivity index (χ0v) is 12.9. The molecule has 0 N–H and O–H groups in total. The van der Waals surface area contributed by atoms with E-state index in [9.17, 15) is 0 Å². The van der Waals surface area contributed by atoms with Crippen molar-refractivity contribution in [1.29, 1.82) is 0 Å². The third-order valence-corrected chi connectivity index (χ3v) is 3.47. The highest BCUT2D eigenvalue weighted by Crippen LogP contribution is 2.17. The second-order valence-corrected chi connectivity index (χ2v) is 5.63. The third-order valence-electron chi connectivity index (χ3n) is 3.24. The van der Waals surface area contributed by atoms with Crippen LogP contribution in [0.2, 0.25) is 0 Å². The van der Waals surface area contributed by atoms with Crippen molar-refractivity contribution in [2.75, 3.05) is 6.61 Å². The first kappa shape index (κ1) is 14.9. The van der Waals surface area contributed by atoms with Crippen molar-refractivity contribution >= 4 is 11.6 Å². The van der Waals surface area contributed by atoms with Gasteiger partial charge in [0.1, 0.15) is 11.4 Å². The number of benzene rings is 1.